The van der Waals surface area contributed by atoms with Gasteiger partial charge in [0.2, 0.25) is 0 Å². The van der Waals surface area contributed by atoms with Crippen molar-refractivity contribution in [2.24, 2.45) is 5.41 Å². The van der Waals surface area contributed by atoms with Crippen LogP contribution in [0.15, 0.2) is 24.3 Å². The van der Waals surface area contributed by atoms with Crippen molar-refractivity contribution in [3.8, 4) is 0 Å². The molecule has 1 fully saturated rings. The number of nitrogens with one attached hydrogen (secondary N) is 2. The van der Waals surface area contributed by atoms with Gasteiger partial charge in [-0.25, -0.2) is 4.79 Å². The van der Waals surface area contributed by atoms with E-state index in [1.165, 1.54) is 26.4 Å². The molecular weight excluding hydrogens is 240 g/mol. The third-order valence-corrected chi connectivity index (χ3v) is 3.63. The summed E-state index contributed by atoms with van der Waals surface area (Å²) < 4.78 is 4.58. The van der Waals surface area contributed by atoms with Gasteiger partial charge in [-0.1, -0.05) is 19.9 Å². The van der Waals surface area contributed by atoms with Crippen LogP contribution in [-0.4, -0.2) is 19.2 Å². The van der Waals surface area contributed by atoms with E-state index < -0.39 is 6.09 Å². The lowest BCUT2D eigenvalue weighted by Crippen LogP contribution is -2.17. The average Bonchev–Trinajstić information content (AvgIpc) is 2.69. The second-order valence-electron chi connectivity index (χ2n) is 5.95. The molecule has 0 saturated heterocycles. The summed E-state index contributed by atoms with van der Waals surface area (Å²) in [5.41, 5.74) is 2.21. The fourth-order valence-corrected chi connectivity index (χ4v) is 2.65. The number of carbonyl (C=O) groups is 1. The molecule has 1 atom stereocenters. The standard InChI is InChI=1S/C15H22N2O2/c1-15(2)8-7-13(10-15)16-11-5-4-6-12(9-11)17-14(18)19-3/h4-6,9,13,16H,7-8,10H2,1-3H3,(H,17,18). The molecule has 1 amide bonds. The van der Waals surface area contributed by atoms with Crippen molar-refractivity contribution < 1.29 is 9.53 Å². The summed E-state index contributed by atoms with van der Waals surface area (Å²) in [6.07, 6.45) is 3.19. The number of hydrogen-bond donors (Lipinski definition) is 2. The smallest absolute Gasteiger partial charge is 0.411 e. The zero-order valence-corrected chi connectivity index (χ0v) is 11.8. The minimum Gasteiger partial charge on any atom is -0.453 e. The van der Waals surface area contributed by atoms with Crippen LogP contribution in [0.4, 0.5) is 16.2 Å². The maximum Gasteiger partial charge on any atom is 0.411 e. The molecule has 1 aromatic carbocycles. The van der Waals surface area contributed by atoms with Gasteiger partial charge in [-0.2, -0.15) is 0 Å². The summed E-state index contributed by atoms with van der Waals surface area (Å²) in [7, 11) is 1.36. The molecule has 0 aromatic heterocycles. The molecule has 4 nitrogen and oxygen atoms in total. The molecule has 1 aliphatic rings. The van der Waals surface area contributed by atoms with Crippen LogP contribution in [0.25, 0.3) is 0 Å². The Morgan fingerprint density at radius 1 is 1.37 bits per heavy atom. The fourth-order valence-electron chi connectivity index (χ4n) is 2.65. The lowest BCUT2D eigenvalue weighted by Gasteiger charge is -2.19. The zero-order chi connectivity index (χ0) is 13.9. The fraction of sp³-hybridized carbons (Fsp3) is 0.533. The molecule has 0 aliphatic heterocycles. The number of hydrogen-bond acceptors (Lipinski definition) is 3. The van der Waals surface area contributed by atoms with Crippen LogP contribution in [-0.2, 0) is 4.74 Å². The quantitative estimate of drug-likeness (QED) is 0.869. The zero-order valence-electron chi connectivity index (χ0n) is 11.8. The van der Waals surface area contributed by atoms with E-state index >= 15 is 0 Å². The summed E-state index contributed by atoms with van der Waals surface area (Å²) in [4.78, 5) is 11.2. The Kier molecular flexibility index (Phi) is 3.98. The summed E-state index contributed by atoms with van der Waals surface area (Å²) in [5.74, 6) is 0. The third kappa shape index (κ3) is 3.88. The van der Waals surface area contributed by atoms with Crippen LogP contribution < -0.4 is 10.6 Å². The van der Waals surface area contributed by atoms with Crippen LogP contribution in [0.5, 0.6) is 0 Å². The summed E-state index contributed by atoms with van der Waals surface area (Å²) in [6, 6.07) is 8.24. The van der Waals surface area contributed by atoms with Crippen molar-refractivity contribution in [1.29, 1.82) is 0 Å². The van der Waals surface area contributed by atoms with E-state index in [1.807, 2.05) is 24.3 Å². The minimum absolute atomic E-state index is 0.430. The Bertz CT molecular complexity index is 457. The topological polar surface area (TPSA) is 50.4 Å². The van der Waals surface area contributed by atoms with Crippen molar-refractivity contribution in [3.05, 3.63) is 24.3 Å². The number of amides is 1. The van der Waals surface area contributed by atoms with Crippen molar-refractivity contribution in [1.82, 2.24) is 0 Å². The molecule has 1 aliphatic carbocycles. The van der Waals surface area contributed by atoms with E-state index in [1.54, 1.807) is 0 Å². The van der Waals surface area contributed by atoms with Gasteiger partial charge in [-0.15, -0.1) is 0 Å². The van der Waals surface area contributed by atoms with Gasteiger partial charge in [0.05, 0.1) is 7.11 Å². The van der Waals surface area contributed by atoms with Gasteiger partial charge in [0.25, 0.3) is 0 Å². The van der Waals surface area contributed by atoms with Crippen molar-refractivity contribution in [3.63, 3.8) is 0 Å². The summed E-state index contributed by atoms with van der Waals surface area (Å²) in [5, 5.41) is 6.21. The number of carbonyl (C=O) groups excluding carboxylic acids is 1. The van der Waals surface area contributed by atoms with Crippen LogP contribution in [0.2, 0.25) is 0 Å². The highest BCUT2D eigenvalue weighted by atomic mass is 16.5. The highest BCUT2D eigenvalue weighted by molar-refractivity contribution is 5.85. The molecule has 4 heteroatoms. The van der Waals surface area contributed by atoms with Gasteiger partial charge >= 0.3 is 6.09 Å². The van der Waals surface area contributed by atoms with Crippen LogP contribution in [0, 0.1) is 5.41 Å². The lowest BCUT2D eigenvalue weighted by atomic mass is 9.92. The molecule has 0 spiro atoms. The van der Waals surface area contributed by atoms with Gasteiger partial charge in [-0.3, -0.25) is 5.32 Å². The molecule has 0 heterocycles. The summed E-state index contributed by atoms with van der Waals surface area (Å²) in [6.45, 7) is 4.62. The number of anilines is 2. The van der Waals surface area contributed by atoms with Gasteiger partial charge in [0, 0.05) is 17.4 Å². The minimum atomic E-state index is -0.445. The molecule has 1 aromatic rings. The Morgan fingerprint density at radius 2 is 2.11 bits per heavy atom. The molecule has 2 rings (SSSR count). The van der Waals surface area contributed by atoms with E-state index in [9.17, 15) is 4.79 Å². The second kappa shape index (κ2) is 5.51. The first-order valence-electron chi connectivity index (χ1n) is 6.70. The lowest BCUT2D eigenvalue weighted by molar-refractivity contribution is 0.187. The first-order chi connectivity index (χ1) is 8.98. The second-order valence-corrected chi connectivity index (χ2v) is 5.95. The largest absolute Gasteiger partial charge is 0.453 e. The van der Waals surface area contributed by atoms with E-state index in [2.05, 4.69) is 29.2 Å². The normalized spacial score (nSPS) is 20.9. The SMILES string of the molecule is COC(=O)Nc1cccc(NC2CCC(C)(C)C2)c1. The van der Waals surface area contributed by atoms with Gasteiger partial charge in [-0.05, 0) is 42.9 Å². The first-order valence-corrected chi connectivity index (χ1v) is 6.70. The number of benzene rings is 1. The first kappa shape index (κ1) is 13.7. The van der Waals surface area contributed by atoms with E-state index in [0.29, 0.717) is 11.5 Å². The predicted octanol–water partition coefficient (Wildman–Crippen LogP) is 3.86. The average molecular weight is 262 g/mol. The van der Waals surface area contributed by atoms with E-state index in [0.717, 1.165) is 11.4 Å². The molecule has 104 valence electrons. The summed E-state index contributed by atoms with van der Waals surface area (Å²) >= 11 is 0. The Hall–Kier alpha value is -1.71. The van der Waals surface area contributed by atoms with Crippen LogP contribution >= 0.6 is 0 Å². The van der Waals surface area contributed by atoms with Crippen molar-refractivity contribution >= 4 is 17.5 Å². The van der Waals surface area contributed by atoms with Gasteiger partial charge in [0.15, 0.2) is 0 Å². The highest BCUT2D eigenvalue weighted by Gasteiger charge is 2.30. The highest BCUT2D eigenvalue weighted by Crippen LogP contribution is 2.38. The van der Waals surface area contributed by atoms with Gasteiger partial charge < -0.3 is 10.1 Å². The molecule has 2 N–H and O–H groups in total. The molecule has 0 radical (unpaired) electrons. The third-order valence-electron chi connectivity index (χ3n) is 3.63. The Morgan fingerprint density at radius 3 is 2.74 bits per heavy atom. The Balaban J connectivity index is 1.97. The monoisotopic (exact) mass is 262 g/mol. The molecule has 1 saturated carbocycles. The maximum atomic E-state index is 11.2. The van der Waals surface area contributed by atoms with Gasteiger partial charge in [0.1, 0.15) is 0 Å². The molecule has 0 bridgehead atoms. The van der Waals surface area contributed by atoms with Crippen molar-refractivity contribution in [2.75, 3.05) is 17.7 Å². The molecule has 1 unspecified atom stereocenters. The van der Waals surface area contributed by atoms with E-state index in [4.69, 9.17) is 0 Å². The van der Waals surface area contributed by atoms with Crippen LogP contribution in [0.3, 0.4) is 0 Å². The number of rotatable bonds is 3. The predicted molar refractivity (Wildman–Crippen MR) is 77.5 cm³/mol. The van der Waals surface area contributed by atoms with E-state index in [-0.39, 0.29) is 0 Å². The number of methoxy groups -OCH3 is 1. The molecule has 19 heavy (non-hydrogen) atoms. The van der Waals surface area contributed by atoms with Crippen LogP contribution in [0.1, 0.15) is 33.1 Å². The Labute approximate surface area is 114 Å². The molecular formula is C15H22N2O2. The number of ether oxygens (including phenoxy) is 1. The van der Waals surface area contributed by atoms with Crippen molar-refractivity contribution in [2.45, 2.75) is 39.2 Å². The maximum absolute atomic E-state index is 11.2.